The predicted octanol–water partition coefficient (Wildman–Crippen LogP) is -6.20. The van der Waals surface area contributed by atoms with Crippen LogP contribution < -0.4 is 54.0 Å². The van der Waals surface area contributed by atoms with Gasteiger partial charge in [-0.1, -0.05) is 0 Å². The van der Waals surface area contributed by atoms with Crippen LogP contribution in [0.4, 0.5) is 0 Å². The molecule has 29 heteroatoms. The summed E-state index contributed by atoms with van der Waals surface area (Å²) in [6.45, 7) is 2.67. The van der Waals surface area contributed by atoms with Gasteiger partial charge < -0.3 is 79.5 Å². The van der Waals surface area contributed by atoms with E-state index in [4.69, 9.17) is 11.5 Å². The second kappa shape index (κ2) is 31.2. The molecule has 0 saturated heterocycles. The van der Waals surface area contributed by atoms with Crippen LogP contribution in [0.15, 0.2) is 0 Å². The number of hydrogen-bond donors (Lipinski definition) is 15. The molecule has 9 amide bonds. The number of hydrogen-bond acceptors (Lipinski definition) is 17. The van der Waals surface area contributed by atoms with Crippen molar-refractivity contribution in [3.8, 4) is 0 Å². The molecule has 17 N–H and O–H groups in total. The maximum atomic E-state index is 13.7. The summed E-state index contributed by atoms with van der Waals surface area (Å²) in [6.07, 6.45) is -2.02. The average molecular weight is 983 g/mol. The molecule has 10 atom stereocenters. The third kappa shape index (κ3) is 23.4. The maximum Gasteiger partial charge on any atom is 0.326 e. The number of carboxylic acids is 3. The first-order valence-electron chi connectivity index (χ1n) is 20.2. The van der Waals surface area contributed by atoms with Crippen molar-refractivity contribution in [1.29, 1.82) is 0 Å². The Balaban J connectivity index is 6.46. The van der Waals surface area contributed by atoms with E-state index in [1.54, 1.807) is 12.5 Å². The van der Waals surface area contributed by atoms with Crippen molar-refractivity contribution in [2.75, 3.05) is 30.6 Å². The highest BCUT2D eigenvalue weighted by atomic mass is 32.2. The van der Waals surface area contributed by atoms with Crippen molar-refractivity contribution in [1.82, 2.24) is 42.5 Å². The SMILES string of the molecule is CSCC[C@H](NC(=O)[C@@H](NC(=O)[C@H](CCC(=O)O)NC(=O)[C@H](CCSC)NC(=O)[C@H](CC(N)=O)NC(=O)[C@H](CCC(=O)O)NC(=O)[C@H](C)NC(=O)[C@H](CO)NC(=O)[C@H](C)N)[C@@H](C)O)C(=O)O. The minimum atomic E-state index is -1.89. The van der Waals surface area contributed by atoms with Crippen LogP contribution >= 0.6 is 23.5 Å². The van der Waals surface area contributed by atoms with Crippen LogP contribution in [0, 0.1) is 0 Å². The Morgan fingerprint density at radius 2 is 0.879 bits per heavy atom. The van der Waals surface area contributed by atoms with Gasteiger partial charge in [-0.3, -0.25) is 52.7 Å². The molecule has 0 rings (SSSR count). The molecule has 0 heterocycles. The highest BCUT2D eigenvalue weighted by Crippen LogP contribution is 2.09. The first-order valence-corrected chi connectivity index (χ1v) is 23.0. The van der Waals surface area contributed by atoms with E-state index in [1.807, 2.05) is 0 Å². The van der Waals surface area contributed by atoms with E-state index in [1.165, 1.54) is 30.4 Å². The van der Waals surface area contributed by atoms with Gasteiger partial charge in [0.05, 0.1) is 25.2 Å². The molecule has 0 aliphatic carbocycles. The van der Waals surface area contributed by atoms with E-state index >= 15 is 0 Å². The summed E-state index contributed by atoms with van der Waals surface area (Å²) in [7, 11) is 0. The molecule has 0 fully saturated rings. The Hall–Kier alpha value is -5.78. The number of aliphatic hydroxyl groups is 2. The fraction of sp³-hybridized carbons (Fsp3) is 0.676. The quantitative estimate of drug-likeness (QED) is 0.0291. The van der Waals surface area contributed by atoms with Gasteiger partial charge in [0.25, 0.3) is 0 Å². The fourth-order valence-electron chi connectivity index (χ4n) is 5.39. The third-order valence-electron chi connectivity index (χ3n) is 9.11. The molecule has 0 aliphatic rings. The zero-order valence-electron chi connectivity index (χ0n) is 37.0. The summed E-state index contributed by atoms with van der Waals surface area (Å²) in [6, 6.07) is -14.2. The molecule has 0 unspecified atom stereocenters. The Morgan fingerprint density at radius 1 is 0.500 bits per heavy atom. The van der Waals surface area contributed by atoms with E-state index in [-0.39, 0.29) is 18.6 Å². The Labute approximate surface area is 387 Å². The van der Waals surface area contributed by atoms with Crippen LogP contribution in [-0.2, 0) is 57.5 Å². The molecule has 0 aromatic heterocycles. The Morgan fingerprint density at radius 3 is 1.29 bits per heavy atom. The molecule has 27 nitrogen and oxygen atoms in total. The molecule has 0 aromatic rings. The lowest BCUT2D eigenvalue weighted by Gasteiger charge is -2.28. The molecular formula is C37H62N10O17S2. The number of primary amides is 1. The molecule has 0 spiro atoms. The van der Waals surface area contributed by atoms with Gasteiger partial charge in [0.1, 0.15) is 48.3 Å². The van der Waals surface area contributed by atoms with Gasteiger partial charge in [-0.2, -0.15) is 23.5 Å². The van der Waals surface area contributed by atoms with Crippen LogP contribution in [0.3, 0.4) is 0 Å². The van der Waals surface area contributed by atoms with Crippen LogP contribution in [0.1, 0.15) is 65.7 Å². The smallest absolute Gasteiger partial charge is 0.326 e. The Kier molecular flexibility index (Phi) is 28.5. The molecule has 0 aromatic carbocycles. The van der Waals surface area contributed by atoms with Crippen molar-refractivity contribution in [2.45, 2.75) is 126 Å². The number of rotatable bonds is 33. The monoisotopic (exact) mass is 982 g/mol. The molecule has 0 saturated carbocycles. The first-order chi connectivity index (χ1) is 30.8. The minimum absolute atomic E-state index is 0.0118. The topological polar surface area (TPSA) is 454 Å². The number of carbonyl (C=O) groups is 12. The lowest BCUT2D eigenvalue weighted by Crippen LogP contribution is -2.61. The normalized spacial score (nSPS) is 15.5. The van der Waals surface area contributed by atoms with Gasteiger partial charge in [-0.05, 0) is 70.5 Å². The van der Waals surface area contributed by atoms with Crippen LogP contribution in [0.2, 0.25) is 0 Å². The second-order valence-electron chi connectivity index (χ2n) is 14.7. The molecule has 0 radical (unpaired) electrons. The second-order valence-corrected chi connectivity index (χ2v) is 16.7. The molecule has 0 bridgehead atoms. The molecule has 374 valence electrons. The highest BCUT2D eigenvalue weighted by molar-refractivity contribution is 7.98. The standard InChI is InChI=1S/C37H62N10O17S2/c1-16(38)29(55)46-24(15-48)35(61)40-17(2)30(56)41-19(6-8-26(51)52)31(57)45-23(14-25(39)50)34(60)43-21(10-12-65-4)32(58)42-20(7-9-27(53)54)33(59)47-28(18(3)49)36(62)44-22(37(63)64)11-13-66-5/h16-24,28,48-49H,6-15,38H2,1-5H3,(H2,39,50)(H,40,61)(H,41,56)(H,42,58)(H,43,60)(H,44,62)(H,45,57)(H,46,55)(H,47,59)(H,51,52)(H,53,54)(H,63,64)/t16-,17-,18+,19-,20-,21-,22-,23-,24-,28-/m0/s1. The van der Waals surface area contributed by atoms with Crippen molar-refractivity contribution in [3.63, 3.8) is 0 Å². The lowest BCUT2D eigenvalue weighted by atomic mass is 10.1. The van der Waals surface area contributed by atoms with E-state index < -0.39 is 170 Å². The molecule has 66 heavy (non-hydrogen) atoms. The Bertz CT molecular complexity index is 1740. The van der Waals surface area contributed by atoms with Gasteiger partial charge in [0, 0.05) is 12.8 Å². The van der Waals surface area contributed by atoms with Crippen LogP contribution in [-0.4, -0.2) is 188 Å². The number of nitrogens with one attached hydrogen (secondary N) is 8. The largest absolute Gasteiger partial charge is 0.481 e. The van der Waals surface area contributed by atoms with Gasteiger partial charge >= 0.3 is 17.9 Å². The van der Waals surface area contributed by atoms with Crippen molar-refractivity contribution < 1.29 is 83.1 Å². The summed E-state index contributed by atoms with van der Waals surface area (Å²) in [5.74, 6) is -13.6. The summed E-state index contributed by atoms with van der Waals surface area (Å²) >= 11 is 2.50. The summed E-state index contributed by atoms with van der Waals surface area (Å²) in [4.78, 5) is 152. The van der Waals surface area contributed by atoms with Gasteiger partial charge in [-0.25, -0.2) is 4.79 Å². The molecular weight excluding hydrogens is 921 g/mol. The highest BCUT2D eigenvalue weighted by Gasteiger charge is 2.36. The third-order valence-corrected chi connectivity index (χ3v) is 10.4. The zero-order chi connectivity index (χ0) is 50.8. The van der Waals surface area contributed by atoms with Crippen LogP contribution in [0.5, 0.6) is 0 Å². The van der Waals surface area contributed by atoms with E-state index in [0.29, 0.717) is 5.75 Å². The van der Waals surface area contributed by atoms with E-state index in [9.17, 15) is 83.1 Å². The number of nitrogens with two attached hydrogens (primary N) is 2. The molecule has 0 aliphatic heterocycles. The summed E-state index contributed by atoms with van der Waals surface area (Å²) < 4.78 is 0. The van der Waals surface area contributed by atoms with Crippen molar-refractivity contribution >= 4 is 94.6 Å². The van der Waals surface area contributed by atoms with E-state index in [2.05, 4.69) is 42.5 Å². The average Bonchev–Trinajstić information content (AvgIpc) is 3.23. The number of amides is 9. The number of carbonyl (C=O) groups excluding carboxylic acids is 9. The van der Waals surface area contributed by atoms with Gasteiger partial charge in [0.15, 0.2) is 0 Å². The number of thioether (sulfide) groups is 2. The number of carboxylic acid groups (broad SMARTS) is 3. The maximum absolute atomic E-state index is 13.7. The first kappa shape index (κ1) is 60.2. The van der Waals surface area contributed by atoms with E-state index in [0.717, 1.165) is 13.8 Å². The van der Waals surface area contributed by atoms with Crippen LogP contribution in [0.25, 0.3) is 0 Å². The lowest BCUT2D eigenvalue weighted by molar-refractivity contribution is -0.143. The minimum Gasteiger partial charge on any atom is -0.481 e. The predicted molar refractivity (Wildman–Crippen MR) is 235 cm³/mol. The van der Waals surface area contributed by atoms with Gasteiger partial charge in [-0.15, -0.1) is 0 Å². The number of aliphatic carboxylic acids is 3. The fourth-order valence-corrected chi connectivity index (χ4v) is 6.34. The zero-order valence-corrected chi connectivity index (χ0v) is 38.6. The van der Waals surface area contributed by atoms with Crippen molar-refractivity contribution in [2.24, 2.45) is 11.5 Å². The van der Waals surface area contributed by atoms with Gasteiger partial charge in [0.2, 0.25) is 53.2 Å². The summed E-state index contributed by atoms with van der Waals surface area (Å²) in [5.41, 5.74) is 10.8. The summed E-state index contributed by atoms with van der Waals surface area (Å²) in [5, 5.41) is 65.9. The number of aliphatic hydroxyl groups excluding tert-OH is 2. The van der Waals surface area contributed by atoms with Crippen molar-refractivity contribution in [3.05, 3.63) is 0 Å².